The number of alkyl halides is 1. The molecule has 0 aromatic carbocycles. The summed E-state index contributed by atoms with van der Waals surface area (Å²) in [6.07, 6.45) is 13.3. The lowest BCUT2D eigenvalue weighted by atomic mass is 10.1. The molecule has 0 rings (SSSR count). The van der Waals surface area contributed by atoms with E-state index in [1.165, 1.54) is 38.5 Å². The number of hydrogen-bond donors (Lipinski definition) is 0. The van der Waals surface area contributed by atoms with Crippen molar-refractivity contribution in [3.8, 4) is 0 Å². The molecule has 0 spiro atoms. The smallest absolute Gasteiger partial charge is 0.142 e. The monoisotopic (exact) mass is 246 g/mol. The van der Waals surface area contributed by atoms with Crippen LogP contribution in [0.1, 0.15) is 44.9 Å². The van der Waals surface area contributed by atoms with Crippen LogP contribution in [0.3, 0.4) is 0 Å². The lowest BCUT2D eigenvalue weighted by Gasteiger charge is -1.97. The van der Waals surface area contributed by atoms with Crippen molar-refractivity contribution in [2.45, 2.75) is 44.9 Å². The molecule has 0 saturated heterocycles. The van der Waals surface area contributed by atoms with Crippen LogP contribution in [-0.4, -0.2) is 11.6 Å². The van der Waals surface area contributed by atoms with E-state index in [-0.39, 0.29) is 0 Å². The van der Waals surface area contributed by atoms with E-state index in [4.69, 9.17) is 0 Å². The topological polar surface area (TPSA) is 17.1 Å². The molecular formula is C11H19BrO. The van der Waals surface area contributed by atoms with Gasteiger partial charge in [0.05, 0.1) is 0 Å². The number of aldehydes is 1. The molecule has 0 N–H and O–H groups in total. The Bertz CT molecular complexity index is 132. The van der Waals surface area contributed by atoms with E-state index in [1.807, 2.05) is 6.08 Å². The number of hydrogen-bond acceptors (Lipinski definition) is 1. The number of rotatable bonds is 9. The third kappa shape index (κ3) is 11.9. The normalized spacial score (nSPS) is 10.8. The number of carbonyl (C=O) groups is 1. The molecule has 0 bridgehead atoms. The molecule has 0 atom stereocenters. The summed E-state index contributed by atoms with van der Waals surface area (Å²) < 4.78 is 0. The van der Waals surface area contributed by atoms with Gasteiger partial charge in [0, 0.05) is 5.33 Å². The van der Waals surface area contributed by atoms with Crippen LogP contribution < -0.4 is 0 Å². The zero-order valence-corrected chi connectivity index (χ0v) is 9.76. The van der Waals surface area contributed by atoms with Crippen molar-refractivity contribution in [1.82, 2.24) is 0 Å². The van der Waals surface area contributed by atoms with E-state index in [0.717, 1.165) is 18.0 Å². The second-order valence-electron chi connectivity index (χ2n) is 3.16. The predicted molar refractivity (Wildman–Crippen MR) is 61.3 cm³/mol. The molecule has 0 aliphatic rings. The molecule has 0 fully saturated rings. The molecule has 0 aromatic heterocycles. The molecule has 0 unspecified atom stereocenters. The van der Waals surface area contributed by atoms with E-state index < -0.39 is 0 Å². The van der Waals surface area contributed by atoms with Gasteiger partial charge in [0.15, 0.2) is 0 Å². The number of carbonyl (C=O) groups excluding carboxylic acids is 1. The first-order valence-electron chi connectivity index (χ1n) is 5.08. The molecule has 0 aliphatic heterocycles. The number of allylic oxidation sites excluding steroid dienone is 2. The predicted octanol–water partition coefficient (Wildman–Crippen LogP) is 3.87. The fourth-order valence-corrected chi connectivity index (χ4v) is 1.61. The van der Waals surface area contributed by atoms with E-state index in [2.05, 4.69) is 15.9 Å². The van der Waals surface area contributed by atoms with Crippen LogP contribution in [-0.2, 0) is 4.79 Å². The fraction of sp³-hybridized carbons (Fsp3) is 0.727. The highest BCUT2D eigenvalue weighted by Gasteiger charge is 1.89. The molecule has 76 valence electrons. The maximum absolute atomic E-state index is 9.92. The van der Waals surface area contributed by atoms with Crippen LogP contribution in [0.2, 0.25) is 0 Å². The van der Waals surface area contributed by atoms with Gasteiger partial charge in [-0.1, -0.05) is 47.7 Å². The molecule has 0 saturated carbocycles. The summed E-state index contributed by atoms with van der Waals surface area (Å²) in [6, 6.07) is 0. The molecular weight excluding hydrogens is 228 g/mol. The van der Waals surface area contributed by atoms with E-state index in [9.17, 15) is 4.79 Å². The minimum Gasteiger partial charge on any atom is -0.299 e. The Kier molecular flexibility index (Phi) is 11.8. The van der Waals surface area contributed by atoms with Crippen LogP contribution in [0.15, 0.2) is 12.2 Å². The van der Waals surface area contributed by atoms with Crippen LogP contribution in [0, 0.1) is 0 Å². The van der Waals surface area contributed by atoms with E-state index in [0.29, 0.717) is 0 Å². The van der Waals surface area contributed by atoms with Gasteiger partial charge in [0.25, 0.3) is 0 Å². The highest BCUT2D eigenvalue weighted by atomic mass is 79.9. The molecule has 1 nitrogen and oxygen atoms in total. The SMILES string of the molecule is O=CC=CCCCCCCCCBr. The van der Waals surface area contributed by atoms with Gasteiger partial charge < -0.3 is 0 Å². The van der Waals surface area contributed by atoms with Crippen molar-refractivity contribution in [2.75, 3.05) is 5.33 Å². The molecule has 0 radical (unpaired) electrons. The van der Waals surface area contributed by atoms with Crippen LogP contribution in [0.25, 0.3) is 0 Å². The summed E-state index contributed by atoms with van der Waals surface area (Å²) in [5.74, 6) is 0. The Morgan fingerprint density at radius 3 is 2.15 bits per heavy atom. The van der Waals surface area contributed by atoms with Gasteiger partial charge >= 0.3 is 0 Å². The Hall–Kier alpha value is -0.110. The third-order valence-corrected chi connectivity index (χ3v) is 2.53. The van der Waals surface area contributed by atoms with Crippen molar-refractivity contribution in [3.05, 3.63) is 12.2 Å². The van der Waals surface area contributed by atoms with Gasteiger partial charge in [-0.2, -0.15) is 0 Å². The maximum atomic E-state index is 9.92. The Morgan fingerprint density at radius 1 is 0.923 bits per heavy atom. The average Bonchev–Trinajstić information content (AvgIpc) is 2.16. The Balaban J connectivity index is 2.91. The van der Waals surface area contributed by atoms with Crippen molar-refractivity contribution in [2.24, 2.45) is 0 Å². The van der Waals surface area contributed by atoms with Gasteiger partial charge in [-0.05, 0) is 25.3 Å². The summed E-state index contributed by atoms with van der Waals surface area (Å²) in [6.45, 7) is 0. The Morgan fingerprint density at radius 2 is 1.54 bits per heavy atom. The largest absolute Gasteiger partial charge is 0.299 e. The highest BCUT2D eigenvalue weighted by Crippen LogP contribution is 2.08. The molecule has 13 heavy (non-hydrogen) atoms. The highest BCUT2D eigenvalue weighted by molar-refractivity contribution is 9.09. The van der Waals surface area contributed by atoms with Crippen LogP contribution in [0.5, 0.6) is 0 Å². The first kappa shape index (κ1) is 12.9. The summed E-state index contributed by atoms with van der Waals surface area (Å²) in [5, 5.41) is 1.13. The summed E-state index contributed by atoms with van der Waals surface area (Å²) in [5.41, 5.74) is 0. The first-order chi connectivity index (χ1) is 6.41. The minimum absolute atomic E-state index is 0.843. The van der Waals surface area contributed by atoms with Gasteiger partial charge in [-0.15, -0.1) is 0 Å². The molecule has 0 amide bonds. The number of halogens is 1. The van der Waals surface area contributed by atoms with E-state index in [1.54, 1.807) is 6.08 Å². The third-order valence-electron chi connectivity index (χ3n) is 1.97. The van der Waals surface area contributed by atoms with Gasteiger partial charge in [-0.3, -0.25) is 4.79 Å². The van der Waals surface area contributed by atoms with Gasteiger partial charge in [-0.25, -0.2) is 0 Å². The fourth-order valence-electron chi connectivity index (χ4n) is 1.22. The first-order valence-corrected chi connectivity index (χ1v) is 6.20. The average molecular weight is 247 g/mol. The van der Waals surface area contributed by atoms with Crippen molar-refractivity contribution >= 4 is 22.2 Å². The standard InChI is InChI=1S/C11H19BrO/c12-10-8-6-4-2-1-3-5-7-9-11-13/h7,9,11H,1-6,8,10H2. The lowest BCUT2D eigenvalue weighted by Crippen LogP contribution is -1.80. The van der Waals surface area contributed by atoms with Crippen LogP contribution >= 0.6 is 15.9 Å². The quantitative estimate of drug-likeness (QED) is 0.261. The molecule has 0 aliphatic carbocycles. The Labute approximate surface area is 89.7 Å². The van der Waals surface area contributed by atoms with E-state index >= 15 is 0 Å². The summed E-state index contributed by atoms with van der Waals surface area (Å²) >= 11 is 3.42. The minimum atomic E-state index is 0.843. The lowest BCUT2D eigenvalue weighted by molar-refractivity contribution is -0.104. The van der Waals surface area contributed by atoms with Crippen molar-refractivity contribution in [1.29, 1.82) is 0 Å². The van der Waals surface area contributed by atoms with Gasteiger partial charge in [0.1, 0.15) is 6.29 Å². The number of unbranched alkanes of at least 4 members (excludes halogenated alkanes) is 6. The molecule has 0 heterocycles. The summed E-state index contributed by atoms with van der Waals surface area (Å²) in [7, 11) is 0. The van der Waals surface area contributed by atoms with Crippen molar-refractivity contribution in [3.63, 3.8) is 0 Å². The summed E-state index contributed by atoms with van der Waals surface area (Å²) in [4.78, 5) is 9.92. The molecule has 2 heteroatoms. The van der Waals surface area contributed by atoms with Crippen molar-refractivity contribution < 1.29 is 4.79 Å². The zero-order valence-electron chi connectivity index (χ0n) is 8.18. The zero-order chi connectivity index (χ0) is 9.78. The second kappa shape index (κ2) is 11.9. The van der Waals surface area contributed by atoms with Crippen LogP contribution in [0.4, 0.5) is 0 Å². The second-order valence-corrected chi connectivity index (χ2v) is 3.96. The van der Waals surface area contributed by atoms with Gasteiger partial charge in [0.2, 0.25) is 0 Å². The maximum Gasteiger partial charge on any atom is 0.142 e. The molecule has 0 aromatic rings.